The Bertz CT molecular complexity index is 5260. The zero-order valence-electron chi connectivity index (χ0n) is 58.7. The van der Waals surface area contributed by atoms with Gasteiger partial charge in [-0.1, -0.05) is 134 Å². The monoisotopic (exact) mass is 1500 g/mol. The topological polar surface area (TPSA) is 393 Å². The standard InChI is InChI=1S/C23H22N4O2.C15H13N3O3.C15H15N3O.C8H9BrN2O3.C8H8ClNO.C7H6BNO2/c1-14(2)22-21(26-18-8-9-25-19(12-18)10-15(3)28)13-20(23(29)27-22)16-6-5-7-17(11-16)24-4;1-9(2)14-13(18(20)21)8-12(15(19)17-14)10-5-4-6-11(7-10)16-3;1-9(2)14-13(16)8-12(15(19)18-14)10-5-4-6-11(7-10)17-3;1-4(2)7-6(11(13)14)3-5(9)8(12)10-7;1-6(11)4-8-5-7(9)2-3-10-8;9-5-6-2-1-3-7(4-6)8(10)11/h5-9,11-14H,10H2,1-3H3,(H,25,26)(H,27,29);4-9H,1-2H3,(H,17,19);4-9H,16H2,1-2H3,(H,18,19);3-4H,1-2H3,(H,10,12);2-3,5H,4H2,1H3;1-4,10-11H. The number of nitrogens with two attached hydrogens (primary N) is 1. The number of aromatic nitrogens is 6. The lowest BCUT2D eigenvalue weighted by molar-refractivity contribution is -0.386. The molecule has 0 aliphatic heterocycles. The van der Waals surface area contributed by atoms with Gasteiger partial charge < -0.3 is 41.0 Å². The molecular weight excluding hydrogens is 1430 g/mol. The zero-order valence-corrected chi connectivity index (χ0v) is 61.0. The molecule has 0 spiro atoms. The van der Waals surface area contributed by atoms with Crippen LogP contribution in [0.3, 0.4) is 0 Å². The maximum Gasteiger partial charge on any atom is 0.488 e. The predicted molar refractivity (Wildman–Crippen MR) is 412 cm³/mol. The summed E-state index contributed by atoms with van der Waals surface area (Å²) in [6.07, 6.45) is 3.88. The van der Waals surface area contributed by atoms with Gasteiger partial charge in [-0.2, -0.15) is 5.26 Å². The highest BCUT2D eigenvalue weighted by Gasteiger charge is 2.23. The van der Waals surface area contributed by atoms with Crippen molar-refractivity contribution in [2.45, 2.75) is 106 Å². The highest BCUT2D eigenvalue weighted by Crippen LogP contribution is 2.33. The summed E-state index contributed by atoms with van der Waals surface area (Å²) in [6, 6.07) is 41.5. The predicted octanol–water partition coefficient (Wildman–Crippen LogP) is 15.2. The van der Waals surface area contributed by atoms with E-state index in [0.717, 1.165) is 28.5 Å². The number of hydrogen-bond acceptors (Lipinski definition) is 17. The van der Waals surface area contributed by atoms with Crippen molar-refractivity contribution in [3.8, 4) is 39.4 Å². The second-order valence-electron chi connectivity index (χ2n) is 24.4. The molecule has 26 nitrogen and oxygen atoms in total. The molecular formula is C76H73BBrClN14O12. The Labute approximate surface area is 617 Å². The Kier molecular flexibility index (Phi) is 31.3. The van der Waals surface area contributed by atoms with E-state index in [4.69, 9.17) is 52.4 Å². The minimum Gasteiger partial charge on any atom is -0.423 e. The van der Waals surface area contributed by atoms with Crippen molar-refractivity contribution in [3.63, 3.8) is 0 Å². The van der Waals surface area contributed by atoms with Crippen molar-refractivity contribution < 1.29 is 29.5 Å². The van der Waals surface area contributed by atoms with Crippen LogP contribution in [-0.2, 0) is 22.4 Å². The van der Waals surface area contributed by atoms with Crippen LogP contribution in [0.1, 0.15) is 133 Å². The van der Waals surface area contributed by atoms with Crippen molar-refractivity contribution in [2.24, 2.45) is 0 Å². The Hall–Kier alpha value is -12.6. The number of hydrogen-bond donors (Lipinski definition) is 8. The first-order chi connectivity index (χ1) is 49.7. The molecule has 0 bridgehead atoms. The van der Waals surface area contributed by atoms with Crippen LogP contribution in [0.5, 0.6) is 0 Å². The summed E-state index contributed by atoms with van der Waals surface area (Å²) in [5, 5.41) is 51.6. The van der Waals surface area contributed by atoms with Gasteiger partial charge in [0, 0.05) is 93.8 Å². The van der Waals surface area contributed by atoms with E-state index < -0.39 is 22.5 Å². The lowest BCUT2D eigenvalue weighted by Gasteiger charge is -2.16. The van der Waals surface area contributed by atoms with Crippen molar-refractivity contribution in [1.29, 1.82) is 5.26 Å². The molecule has 0 fully saturated rings. The lowest BCUT2D eigenvalue weighted by atomic mass is 9.80. The molecule has 0 radical (unpaired) electrons. The molecule has 0 amide bonds. The first kappa shape index (κ1) is 83.1. The first-order valence-electron chi connectivity index (χ1n) is 32.1. The smallest absolute Gasteiger partial charge is 0.423 e. The number of aromatic amines is 4. The molecule has 0 aliphatic rings. The number of nitrogen functional groups attached to an aromatic ring is 1. The fraction of sp³-hybridized carbons (Fsp3) is 0.211. The van der Waals surface area contributed by atoms with Gasteiger partial charge in [0.05, 0.1) is 74.0 Å². The summed E-state index contributed by atoms with van der Waals surface area (Å²) in [7, 11) is -1.50. The molecule has 0 unspecified atom stereocenters. The van der Waals surface area contributed by atoms with Crippen molar-refractivity contribution in [1.82, 2.24) is 29.9 Å². The van der Waals surface area contributed by atoms with E-state index in [1.165, 1.54) is 38.1 Å². The summed E-state index contributed by atoms with van der Waals surface area (Å²) in [5.74, 6) is 0.143. The van der Waals surface area contributed by atoms with E-state index in [1.807, 2.05) is 58.0 Å². The fourth-order valence-corrected chi connectivity index (χ4v) is 10.4. The number of anilines is 3. The number of H-pyrrole nitrogens is 4. The first-order valence-corrected chi connectivity index (χ1v) is 33.3. The van der Waals surface area contributed by atoms with Crippen LogP contribution in [0.4, 0.5) is 45.5 Å². The largest absolute Gasteiger partial charge is 0.488 e. The molecule has 536 valence electrons. The van der Waals surface area contributed by atoms with Crippen LogP contribution in [0.25, 0.3) is 47.9 Å². The number of nitrogens with one attached hydrogen (secondary N) is 5. The molecule has 10 rings (SSSR count). The van der Waals surface area contributed by atoms with E-state index >= 15 is 0 Å². The number of carbonyl (C=O) groups excluding carboxylic acids is 2. The average Bonchev–Trinajstić information content (AvgIpc) is 0.819. The normalized spacial score (nSPS) is 10.2. The van der Waals surface area contributed by atoms with E-state index in [1.54, 1.807) is 137 Å². The van der Waals surface area contributed by atoms with Crippen LogP contribution in [0.2, 0.25) is 5.02 Å². The quantitative estimate of drug-likeness (QED) is 0.0193. The number of Topliss-reactive ketones (excluding diaryl/α,β-unsaturated/α-hetero) is 2. The Balaban J connectivity index is 0.000000234. The lowest BCUT2D eigenvalue weighted by Crippen LogP contribution is -2.29. The van der Waals surface area contributed by atoms with Gasteiger partial charge in [0.15, 0.2) is 17.1 Å². The summed E-state index contributed by atoms with van der Waals surface area (Å²) in [4.78, 5) is 120. The van der Waals surface area contributed by atoms with Crippen molar-refractivity contribution in [2.75, 3.05) is 11.1 Å². The molecule has 9 N–H and O–H groups in total. The number of pyridine rings is 6. The minimum absolute atomic E-state index is 0.0449. The van der Waals surface area contributed by atoms with Crippen LogP contribution in [0, 0.1) is 51.3 Å². The van der Waals surface area contributed by atoms with Crippen LogP contribution in [0.15, 0.2) is 182 Å². The van der Waals surface area contributed by atoms with Crippen LogP contribution >= 0.6 is 27.5 Å². The van der Waals surface area contributed by atoms with Gasteiger partial charge in [-0.15, -0.1) is 0 Å². The Morgan fingerprint density at radius 2 is 0.990 bits per heavy atom. The summed E-state index contributed by atoms with van der Waals surface area (Å²) in [6.45, 7) is 39.3. The number of carbonyl (C=O) groups is 2. The number of ketones is 2. The van der Waals surface area contributed by atoms with Gasteiger partial charge in [0.2, 0.25) is 0 Å². The van der Waals surface area contributed by atoms with E-state index in [2.05, 4.69) is 65.7 Å². The Morgan fingerprint density at radius 1 is 0.581 bits per heavy atom. The third kappa shape index (κ3) is 24.9. The number of rotatable bonds is 16. The molecule has 0 saturated heterocycles. The van der Waals surface area contributed by atoms with E-state index in [0.29, 0.717) is 90.1 Å². The number of nitriles is 1. The number of halogens is 2. The van der Waals surface area contributed by atoms with Crippen LogP contribution < -0.4 is 38.8 Å². The van der Waals surface area contributed by atoms with Gasteiger partial charge >= 0.3 is 7.12 Å². The minimum atomic E-state index is -1.50. The maximum atomic E-state index is 12.7. The molecule has 0 aliphatic carbocycles. The molecule has 0 atom stereocenters. The number of nitro groups is 2. The molecule has 0 saturated carbocycles. The van der Waals surface area contributed by atoms with E-state index in [9.17, 15) is 49.0 Å². The molecule has 6 heterocycles. The number of benzene rings is 4. The van der Waals surface area contributed by atoms with Crippen LogP contribution in [-0.4, -0.2) is 68.5 Å². The SMILES string of the molecule is CC(=O)Cc1cc(Cl)ccn1.CC(C)c1[nH]c(=O)c(Br)cc1[N+](=O)[O-].N#Cc1cccc(B(O)O)c1.[C-]#[N+]c1cccc(-c2cc(N)c(C(C)C)[nH]c2=O)c1.[C-]#[N+]c1cccc(-c2cc(Nc3ccnc(CC(C)=O)c3)c(C(C)C)[nH]c2=O)c1.[C-]#[N+]c1cccc(-c2cc([N+](=O)[O-])c(C(C)C)[nH]c2=O)c1. The third-order valence-corrected chi connectivity index (χ3v) is 15.7. The molecule has 29 heteroatoms. The highest BCUT2D eigenvalue weighted by atomic mass is 79.9. The van der Waals surface area contributed by atoms with Crippen molar-refractivity contribution >= 4 is 97.2 Å². The fourth-order valence-electron chi connectivity index (χ4n) is 9.87. The van der Waals surface area contributed by atoms with E-state index in [-0.39, 0.29) is 79.7 Å². The second-order valence-corrected chi connectivity index (χ2v) is 25.7. The average molecular weight is 1500 g/mol. The van der Waals surface area contributed by atoms with Gasteiger partial charge in [-0.05, 0) is 130 Å². The van der Waals surface area contributed by atoms with Gasteiger partial charge in [-0.3, -0.25) is 59.0 Å². The van der Waals surface area contributed by atoms with Gasteiger partial charge in [0.25, 0.3) is 33.6 Å². The number of nitrogens with zero attached hydrogens (tertiary/aromatic N) is 8. The zero-order chi connectivity index (χ0) is 77.9. The molecule has 105 heavy (non-hydrogen) atoms. The highest BCUT2D eigenvalue weighted by molar-refractivity contribution is 9.10. The molecule has 4 aromatic carbocycles. The van der Waals surface area contributed by atoms with Crippen molar-refractivity contribution in [3.05, 3.63) is 303 Å². The van der Waals surface area contributed by atoms with Gasteiger partial charge in [-0.25, -0.2) is 14.5 Å². The summed E-state index contributed by atoms with van der Waals surface area (Å²) >= 11 is 8.63. The second kappa shape index (κ2) is 39.6. The molecule has 6 aromatic heterocycles. The third-order valence-electron chi connectivity index (χ3n) is 14.8. The molecule has 10 aromatic rings. The summed E-state index contributed by atoms with van der Waals surface area (Å²) < 4.78 is 0.175. The summed E-state index contributed by atoms with van der Waals surface area (Å²) in [5.41, 5.74) is 15.5. The Morgan fingerprint density at radius 3 is 1.42 bits per heavy atom. The maximum absolute atomic E-state index is 12.7. The van der Waals surface area contributed by atoms with Gasteiger partial charge in [0.1, 0.15) is 11.6 Å².